The standard InChI is InChI=1S/C12H10N4O5S/c1-3-7(21-5(2)17)6-4-22-11-8(14-15-13)10(18)16(11)9(6)12(19)20/h1,7-8,11H,4H2,2H3,(H,19,20)/t7?,8-,11-/m1/s1. The Bertz CT molecular complexity index is 675. The summed E-state index contributed by atoms with van der Waals surface area (Å²) in [6, 6.07) is -0.941. The molecule has 1 amide bonds. The number of carboxylic acid groups (broad SMARTS) is 1. The molecular weight excluding hydrogens is 312 g/mol. The van der Waals surface area contributed by atoms with Gasteiger partial charge in [0.2, 0.25) is 5.91 Å². The number of aliphatic carboxylic acids is 1. The van der Waals surface area contributed by atoms with Crippen molar-refractivity contribution in [2.24, 2.45) is 5.11 Å². The summed E-state index contributed by atoms with van der Waals surface area (Å²) in [7, 11) is 0. The number of hydrogen-bond donors (Lipinski definition) is 1. The number of fused-ring (bicyclic) bond motifs is 1. The first-order valence-electron chi connectivity index (χ1n) is 6.01. The van der Waals surface area contributed by atoms with E-state index in [9.17, 15) is 19.5 Å². The van der Waals surface area contributed by atoms with Crippen LogP contribution in [-0.4, -0.2) is 51.1 Å². The Labute approximate surface area is 128 Å². The van der Waals surface area contributed by atoms with Crippen LogP contribution in [0.15, 0.2) is 16.4 Å². The van der Waals surface area contributed by atoms with E-state index in [-0.39, 0.29) is 17.0 Å². The number of β-lactam (4-membered cyclic amide) rings is 1. The van der Waals surface area contributed by atoms with E-state index in [0.717, 1.165) is 11.8 Å². The fourth-order valence-corrected chi connectivity index (χ4v) is 3.57. The van der Waals surface area contributed by atoms with E-state index in [2.05, 4.69) is 15.9 Å². The molecule has 1 fully saturated rings. The minimum absolute atomic E-state index is 0.148. The number of carboxylic acids is 1. The maximum absolute atomic E-state index is 12.0. The largest absolute Gasteiger partial charge is 0.477 e. The first-order valence-corrected chi connectivity index (χ1v) is 7.05. The zero-order valence-corrected chi connectivity index (χ0v) is 12.1. The van der Waals surface area contributed by atoms with Crippen LogP contribution in [0.5, 0.6) is 0 Å². The second-order valence-electron chi connectivity index (χ2n) is 4.39. The number of amides is 1. The van der Waals surface area contributed by atoms with Crippen molar-refractivity contribution in [2.45, 2.75) is 24.4 Å². The van der Waals surface area contributed by atoms with E-state index in [0.29, 0.717) is 0 Å². The SMILES string of the molecule is C#CC(OC(C)=O)C1=C(C(=O)O)N2C(=O)[C@@H](N=[N+]=[N-])[C@H]2SC1. The second-order valence-corrected chi connectivity index (χ2v) is 5.50. The van der Waals surface area contributed by atoms with E-state index in [1.807, 2.05) is 0 Å². The molecule has 2 aliphatic rings. The Balaban J connectivity index is 2.42. The molecular formula is C12H10N4O5S. The van der Waals surface area contributed by atoms with Crippen molar-refractivity contribution >= 4 is 29.6 Å². The molecule has 3 atom stereocenters. The van der Waals surface area contributed by atoms with E-state index in [4.69, 9.17) is 16.7 Å². The fraction of sp³-hybridized carbons (Fsp3) is 0.417. The average Bonchev–Trinajstić information content (AvgIpc) is 2.48. The number of carbonyl (C=O) groups excluding carboxylic acids is 2. The number of nitrogens with zero attached hydrogens (tertiary/aromatic N) is 4. The number of hydrogen-bond acceptors (Lipinski definition) is 6. The number of azide groups is 1. The van der Waals surface area contributed by atoms with Gasteiger partial charge in [-0.1, -0.05) is 11.0 Å². The van der Waals surface area contributed by atoms with Crippen molar-refractivity contribution < 1.29 is 24.2 Å². The first kappa shape index (κ1) is 15.8. The molecule has 0 spiro atoms. The quantitative estimate of drug-likeness (QED) is 0.200. The lowest BCUT2D eigenvalue weighted by atomic mass is 10.0. The lowest BCUT2D eigenvalue weighted by Gasteiger charge is -2.48. The molecule has 10 heteroatoms. The summed E-state index contributed by atoms with van der Waals surface area (Å²) in [5.74, 6) is -0.291. The van der Waals surface area contributed by atoms with Gasteiger partial charge >= 0.3 is 11.9 Å². The van der Waals surface area contributed by atoms with Gasteiger partial charge in [-0.3, -0.25) is 14.5 Å². The molecule has 114 valence electrons. The van der Waals surface area contributed by atoms with E-state index < -0.39 is 35.4 Å². The van der Waals surface area contributed by atoms with Crippen LogP contribution in [0.25, 0.3) is 10.4 Å². The maximum atomic E-state index is 12.0. The zero-order chi connectivity index (χ0) is 16.4. The van der Waals surface area contributed by atoms with Crippen LogP contribution in [0.1, 0.15) is 6.92 Å². The highest BCUT2D eigenvalue weighted by Gasteiger charge is 2.54. The molecule has 0 aromatic heterocycles. The Morgan fingerprint density at radius 2 is 2.36 bits per heavy atom. The first-order chi connectivity index (χ1) is 10.4. The number of terminal acetylenes is 1. The number of rotatable bonds is 4. The van der Waals surface area contributed by atoms with Crippen LogP contribution in [0.4, 0.5) is 0 Å². The molecule has 2 aliphatic heterocycles. The molecule has 22 heavy (non-hydrogen) atoms. The van der Waals surface area contributed by atoms with Crippen molar-refractivity contribution in [3.63, 3.8) is 0 Å². The molecule has 0 aliphatic carbocycles. The molecule has 2 heterocycles. The van der Waals surface area contributed by atoms with E-state index in [1.165, 1.54) is 11.8 Å². The minimum atomic E-state index is -1.36. The van der Waals surface area contributed by atoms with Gasteiger partial charge in [0.25, 0.3) is 0 Å². The Kier molecular flexibility index (Phi) is 4.30. The van der Waals surface area contributed by atoms with Crippen molar-refractivity contribution in [2.75, 3.05) is 5.75 Å². The lowest BCUT2D eigenvalue weighted by molar-refractivity contribution is -0.148. The number of esters is 1. The fourth-order valence-electron chi connectivity index (χ4n) is 2.22. The Morgan fingerprint density at radius 3 is 2.86 bits per heavy atom. The molecule has 1 N–H and O–H groups in total. The molecule has 0 saturated carbocycles. The normalized spacial score (nSPS) is 24.4. The number of carbonyl (C=O) groups is 3. The molecule has 0 bridgehead atoms. The molecule has 2 rings (SSSR count). The topological polar surface area (TPSA) is 133 Å². The molecule has 1 saturated heterocycles. The summed E-state index contributed by atoms with van der Waals surface area (Å²) in [4.78, 5) is 38.1. The highest BCUT2D eigenvalue weighted by atomic mass is 32.2. The molecule has 0 aromatic carbocycles. The highest BCUT2D eigenvalue weighted by molar-refractivity contribution is 8.00. The van der Waals surface area contributed by atoms with Gasteiger partial charge in [-0.05, 0) is 5.53 Å². The van der Waals surface area contributed by atoms with Crippen LogP contribution < -0.4 is 0 Å². The van der Waals surface area contributed by atoms with Gasteiger partial charge in [-0.25, -0.2) is 4.79 Å². The monoisotopic (exact) mass is 322 g/mol. The van der Waals surface area contributed by atoms with Gasteiger partial charge in [-0.15, -0.1) is 18.2 Å². The summed E-state index contributed by atoms with van der Waals surface area (Å²) < 4.78 is 4.91. The summed E-state index contributed by atoms with van der Waals surface area (Å²) in [5.41, 5.74) is 8.26. The van der Waals surface area contributed by atoms with Crippen LogP contribution in [-0.2, 0) is 19.1 Å². The average molecular weight is 322 g/mol. The Hall–Kier alpha value is -2.63. The second kappa shape index (κ2) is 6.01. The summed E-state index contributed by atoms with van der Waals surface area (Å²) in [5, 5.41) is 12.1. The van der Waals surface area contributed by atoms with Crippen molar-refractivity contribution in [1.82, 2.24) is 4.90 Å². The van der Waals surface area contributed by atoms with Crippen LogP contribution in [0.3, 0.4) is 0 Å². The van der Waals surface area contributed by atoms with Crippen molar-refractivity contribution in [1.29, 1.82) is 0 Å². The summed E-state index contributed by atoms with van der Waals surface area (Å²) in [6.07, 6.45) is 4.12. The molecule has 0 aromatic rings. The summed E-state index contributed by atoms with van der Waals surface area (Å²) >= 11 is 1.20. The number of ether oxygens (including phenoxy) is 1. The minimum Gasteiger partial charge on any atom is -0.477 e. The van der Waals surface area contributed by atoms with Crippen molar-refractivity contribution in [3.05, 3.63) is 21.7 Å². The van der Waals surface area contributed by atoms with Gasteiger partial charge < -0.3 is 9.84 Å². The van der Waals surface area contributed by atoms with Crippen LogP contribution in [0.2, 0.25) is 0 Å². The van der Waals surface area contributed by atoms with Gasteiger partial charge in [0.15, 0.2) is 6.10 Å². The molecule has 0 radical (unpaired) electrons. The van der Waals surface area contributed by atoms with Gasteiger partial charge in [0.1, 0.15) is 17.1 Å². The third-order valence-electron chi connectivity index (χ3n) is 3.10. The van der Waals surface area contributed by atoms with Crippen LogP contribution >= 0.6 is 11.8 Å². The summed E-state index contributed by atoms with van der Waals surface area (Å²) in [6.45, 7) is 1.15. The lowest BCUT2D eigenvalue weighted by Crippen LogP contribution is -2.64. The van der Waals surface area contributed by atoms with Crippen LogP contribution in [0, 0.1) is 12.3 Å². The predicted octanol–water partition coefficient (Wildman–Crippen LogP) is 0.484. The van der Waals surface area contributed by atoms with Gasteiger partial charge in [0.05, 0.1) is 0 Å². The Morgan fingerprint density at radius 1 is 1.68 bits per heavy atom. The third kappa shape index (κ3) is 2.47. The maximum Gasteiger partial charge on any atom is 0.352 e. The highest BCUT2D eigenvalue weighted by Crippen LogP contribution is 2.42. The van der Waals surface area contributed by atoms with Gasteiger partial charge in [0, 0.05) is 23.2 Å². The molecule has 1 unspecified atom stereocenters. The van der Waals surface area contributed by atoms with Gasteiger partial charge in [-0.2, -0.15) is 0 Å². The zero-order valence-electron chi connectivity index (χ0n) is 11.3. The van der Waals surface area contributed by atoms with E-state index >= 15 is 0 Å². The molecule has 9 nitrogen and oxygen atoms in total. The van der Waals surface area contributed by atoms with E-state index in [1.54, 1.807) is 0 Å². The number of thioether (sulfide) groups is 1. The predicted molar refractivity (Wildman–Crippen MR) is 75.1 cm³/mol. The van der Waals surface area contributed by atoms with Crippen molar-refractivity contribution in [3.8, 4) is 12.3 Å². The smallest absolute Gasteiger partial charge is 0.352 e. The third-order valence-corrected chi connectivity index (χ3v) is 4.39.